The van der Waals surface area contributed by atoms with Crippen LogP contribution in [0.4, 0.5) is 16.6 Å². The Labute approximate surface area is 214 Å². The van der Waals surface area contributed by atoms with Crippen molar-refractivity contribution in [2.75, 3.05) is 57.0 Å². The van der Waals surface area contributed by atoms with Gasteiger partial charge in [0.05, 0.1) is 17.8 Å². The van der Waals surface area contributed by atoms with Crippen LogP contribution in [0.1, 0.15) is 43.7 Å². The summed E-state index contributed by atoms with van der Waals surface area (Å²) in [5.41, 5.74) is 10.4. The Morgan fingerprint density at radius 3 is 2.69 bits per heavy atom. The molecule has 0 bridgehead atoms. The van der Waals surface area contributed by atoms with Gasteiger partial charge in [0, 0.05) is 57.5 Å². The first-order valence-electron chi connectivity index (χ1n) is 13.4. The number of ether oxygens (including phenoxy) is 1. The summed E-state index contributed by atoms with van der Waals surface area (Å²) in [5.74, 6) is 1.16. The topological polar surface area (TPSA) is 99.9 Å². The summed E-state index contributed by atoms with van der Waals surface area (Å²) in [6.45, 7) is 7.86. The Morgan fingerprint density at radius 2 is 1.89 bits per heavy atom. The van der Waals surface area contributed by atoms with Gasteiger partial charge in [0.2, 0.25) is 5.95 Å². The number of urea groups is 1. The van der Waals surface area contributed by atoms with Gasteiger partial charge in [0.25, 0.3) is 0 Å². The Morgan fingerprint density at radius 1 is 1.08 bits per heavy atom. The van der Waals surface area contributed by atoms with Gasteiger partial charge in [-0.25, -0.2) is 9.78 Å². The SMILES string of the molecule is CCO[C@@H]1CCCC[C@@H]1NC(=O)N1CCc2ccc(-c3cc(N4CCN(C)CC4)nc(N)n3)cc2C1. The largest absolute Gasteiger partial charge is 0.376 e. The lowest BCUT2D eigenvalue weighted by Crippen LogP contribution is -2.52. The number of carbonyl (C=O) groups excluding carboxylic acids is 1. The highest BCUT2D eigenvalue weighted by atomic mass is 16.5. The maximum absolute atomic E-state index is 13.2. The molecule has 9 nitrogen and oxygen atoms in total. The van der Waals surface area contributed by atoms with E-state index in [-0.39, 0.29) is 24.1 Å². The smallest absolute Gasteiger partial charge is 0.318 e. The van der Waals surface area contributed by atoms with E-state index < -0.39 is 0 Å². The van der Waals surface area contributed by atoms with Crippen LogP contribution in [0, 0.1) is 0 Å². The van der Waals surface area contributed by atoms with Gasteiger partial charge in [-0.2, -0.15) is 4.98 Å². The van der Waals surface area contributed by atoms with Gasteiger partial charge in [0.15, 0.2) is 0 Å². The number of amides is 2. The molecule has 2 amide bonds. The van der Waals surface area contributed by atoms with E-state index in [1.54, 1.807) is 0 Å². The van der Waals surface area contributed by atoms with Gasteiger partial charge in [-0.3, -0.25) is 0 Å². The van der Waals surface area contributed by atoms with Crippen LogP contribution in [0.2, 0.25) is 0 Å². The number of benzene rings is 1. The monoisotopic (exact) mass is 493 g/mol. The first-order chi connectivity index (χ1) is 17.5. The van der Waals surface area contributed by atoms with Crippen LogP contribution >= 0.6 is 0 Å². The van der Waals surface area contributed by atoms with E-state index >= 15 is 0 Å². The number of hydrogen-bond acceptors (Lipinski definition) is 7. The molecule has 5 rings (SSSR count). The van der Waals surface area contributed by atoms with Crippen LogP contribution < -0.4 is 16.0 Å². The fourth-order valence-electron chi connectivity index (χ4n) is 5.61. The van der Waals surface area contributed by atoms with E-state index in [0.717, 1.165) is 81.0 Å². The average molecular weight is 494 g/mol. The third-order valence-electron chi connectivity index (χ3n) is 7.75. The quantitative estimate of drug-likeness (QED) is 0.661. The zero-order valence-corrected chi connectivity index (χ0v) is 21.6. The lowest BCUT2D eigenvalue weighted by molar-refractivity contribution is 0.0137. The number of carbonyl (C=O) groups is 1. The summed E-state index contributed by atoms with van der Waals surface area (Å²) in [7, 11) is 2.14. The van der Waals surface area contributed by atoms with Crippen molar-refractivity contribution < 1.29 is 9.53 Å². The van der Waals surface area contributed by atoms with Crippen LogP contribution in [-0.4, -0.2) is 84.3 Å². The summed E-state index contributed by atoms with van der Waals surface area (Å²) in [5, 5.41) is 3.27. The van der Waals surface area contributed by atoms with Crippen molar-refractivity contribution >= 4 is 17.8 Å². The standard InChI is InChI=1S/C27H39N7O2/c1-3-36-24-7-5-4-6-22(24)30-27(35)34-11-10-19-8-9-20(16-21(19)18-34)23-17-25(31-26(28)29-23)33-14-12-32(2)13-15-33/h8-9,16-17,22,24H,3-7,10-15,18H2,1-2H3,(H,30,35)(H2,28,29,31)/t22-,24+/m0/s1. The third-order valence-corrected chi connectivity index (χ3v) is 7.75. The van der Waals surface area contributed by atoms with Crippen LogP contribution in [0.15, 0.2) is 24.3 Å². The molecule has 2 aromatic rings. The summed E-state index contributed by atoms with van der Waals surface area (Å²) in [6, 6.07) is 8.57. The molecule has 1 aromatic carbocycles. The minimum absolute atomic E-state index is 0.00582. The number of rotatable bonds is 5. The van der Waals surface area contributed by atoms with Crippen LogP contribution in [-0.2, 0) is 17.7 Å². The van der Waals surface area contributed by atoms with Crippen LogP contribution in [0.3, 0.4) is 0 Å². The molecule has 3 N–H and O–H groups in total. The predicted octanol–water partition coefficient (Wildman–Crippen LogP) is 2.89. The van der Waals surface area contributed by atoms with Crippen molar-refractivity contribution in [3.05, 3.63) is 35.4 Å². The number of nitrogens with one attached hydrogen (secondary N) is 1. The molecule has 36 heavy (non-hydrogen) atoms. The molecule has 2 fully saturated rings. The van der Waals surface area contributed by atoms with E-state index in [9.17, 15) is 4.79 Å². The maximum Gasteiger partial charge on any atom is 0.318 e. The highest BCUT2D eigenvalue weighted by Gasteiger charge is 2.29. The minimum atomic E-state index is 0.00582. The number of nitrogens with two attached hydrogens (primary N) is 1. The molecule has 3 aliphatic rings. The molecule has 2 atom stereocenters. The van der Waals surface area contributed by atoms with Crippen molar-refractivity contribution in [3.8, 4) is 11.3 Å². The normalized spacial score (nSPS) is 22.8. The zero-order valence-electron chi connectivity index (χ0n) is 21.6. The Hall–Kier alpha value is -2.91. The van der Waals surface area contributed by atoms with E-state index in [0.29, 0.717) is 13.2 Å². The first-order valence-corrected chi connectivity index (χ1v) is 13.4. The molecule has 194 valence electrons. The fourth-order valence-corrected chi connectivity index (χ4v) is 5.61. The maximum atomic E-state index is 13.2. The van der Waals surface area contributed by atoms with Gasteiger partial charge >= 0.3 is 6.03 Å². The molecule has 1 saturated carbocycles. The van der Waals surface area contributed by atoms with Crippen LogP contribution in [0.25, 0.3) is 11.3 Å². The minimum Gasteiger partial charge on any atom is -0.376 e. The van der Waals surface area contributed by atoms with Crippen LogP contribution in [0.5, 0.6) is 0 Å². The lowest BCUT2D eigenvalue weighted by atomic mass is 9.92. The molecule has 1 aliphatic carbocycles. The number of likely N-dealkylation sites (N-methyl/N-ethyl adjacent to an activating group) is 1. The molecule has 0 unspecified atom stereocenters. The summed E-state index contributed by atoms with van der Waals surface area (Å²) >= 11 is 0. The van der Waals surface area contributed by atoms with Gasteiger partial charge in [-0.15, -0.1) is 0 Å². The van der Waals surface area contributed by atoms with E-state index in [1.807, 2.05) is 17.9 Å². The van der Waals surface area contributed by atoms with Gasteiger partial charge in [-0.05, 0) is 50.4 Å². The second-order valence-electron chi connectivity index (χ2n) is 10.2. The number of aromatic nitrogens is 2. The predicted molar refractivity (Wildman–Crippen MR) is 142 cm³/mol. The van der Waals surface area contributed by atoms with Gasteiger partial charge in [0.1, 0.15) is 5.82 Å². The number of anilines is 2. The summed E-state index contributed by atoms with van der Waals surface area (Å²) in [4.78, 5) is 28.7. The first kappa shape index (κ1) is 24.8. The highest BCUT2D eigenvalue weighted by molar-refractivity contribution is 5.75. The molecule has 0 spiro atoms. The van der Waals surface area contributed by atoms with Crippen molar-refractivity contribution in [1.29, 1.82) is 0 Å². The third kappa shape index (κ3) is 5.57. The van der Waals surface area contributed by atoms with Gasteiger partial charge < -0.3 is 30.5 Å². The molecule has 2 aliphatic heterocycles. The molecular weight excluding hydrogens is 454 g/mol. The molecule has 1 saturated heterocycles. The van der Waals surface area contributed by atoms with Gasteiger partial charge in [-0.1, -0.05) is 25.0 Å². The average Bonchev–Trinajstić information content (AvgIpc) is 2.89. The summed E-state index contributed by atoms with van der Waals surface area (Å²) in [6.07, 6.45) is 5.27. The van der Waals surface area contributed by atoms with E-state index in [2.05, 4.69) is 50.3 Å². The second-order valence-corrected chi connectivity index (χ2v) is 10.2. The Balaban J connectivity index is 1.30. The molecule has 3 heterocycles. The Kier molecular flexibility index (Phi) is 7.57. The number of piperazine rings is 1. The number of fused-ring (bicyclic) bond motifs is 1. The number of nitrogen functional groups attached to an aromatic ring is 1. The van der Waals surface area contributed by atoms with Crippen molar-refractivity contribution in [1.82, 2.24) is 25.1 Å². The molecular formula is C27H39N7O2. The zero-order chi connectivity index (χ0) is 25.1. The van der Waals surface area contributed by atoms with Crippen molar-refractivity contribution in [2.24, 2.45) is 0 Å². The number of hydrogen-bond donors (Lipinski definition) is 2. The molecule has 0 radical (unpaired) electrons. The Bertz CT molecular complexity index is 1070. The molecule has 9 heteroatoms. The summed E-state index contributed by atoms with van der Waals surface area (Å²) < 4.78 is 5.91. The fraction of sp³-hybridized carbons (Fsp3) is 0.593. The van der Waals surface area contributed by atoms with Crippen molar-refractivity contribution in [3.63, 3.8) is 0 Å². The number of nitrogens with zero attached hydrogens (tertiary/aromatic N) is 5. The highest BCUT2D eigenvalue weighted by Crippen LogP contribution is 2.29. The second kappa shape index (κ2) is 11.0. The lowest BCUT2D eigenvalue weighted by Gasteiger charge is -2.35. The molecule has 1 aromatic heterocycles. The van der Waals surface area contributed by atoms with E-state index in [4.69, 9.17) is 10.5 Å². The van der Waals surface area contributed by atoms with E-state index in [1.165, 1.54) is 12.0 Å². The van der Waals surface area contributed by atoms with Crippen molar-refractivity contribution in [2.45, 2.75) is 57.7 Å².